The first-order chi connectivity index (χ1) is 8.20. The summed E-state index contributed by atoms with van der Waals surface area (Å²) in [5, 5.41) is 0. The third kappa shape index (κ3) is 4.13. The van der Waals surface area contributed by atoms with Gasteiger partial charge in [-0.2, -0.15) is 13.2 Å². The van der Waals surface area contributed by atoms with Crippen LogP contribution in [0.4, 0.5) is 18.9 Å². The molecule has 0 heterocycles. The van der Waals surface area contributed by atoms with Crippen LogP contribution < -0.4 is 9.64 Å². The van der Waals surface area contributed by atoms with Gasteiger partial charge < -0.3 is 9.64 Å². The Bertz CT molecular complexity index is 400. The van der Waals surface area contributed by atoms with Crippen molar-refractivity contribution in [2.45, 2.75) is 25.9 Å². The lowest BCUT2D eigenvalue weighted by Gasteiger charge is -2.20. The molecule has 0 radical (unpaired) electrons. The topological polar surface area (TPSA) is 12.5 Å². The minimum atomic E-state index is -4.32. The zero-order valence-corrected chi connectivity index (χ0v) is 11.0. The Kier molecular flexibility index (Phi) is 4.48. The Balaban J connectivity index is 2.97. The summed E-state index contributed by atoms with van der Waals surface area (Å²) in [6.07, 6.45) is -4.32. The van der Waals surface area contributed by atoms with E-state index in [4.69, 9.17) is 4.74 Å². The highest BCUT2D eigenvalue weighted by atomic mass is 19.4. The van der Waals surface area contributed by atoms with Gasteiger partial charge in [-0.25, -0.2) is 0 Å². The Morgan fingerprint density at radius 1 is 1.22 bits per heavy atom. The Morgan fingerprint density at radius 3 is 2.28 bits per heavy atom. The average molecular weight is 261 g/mol. The van der Waals surface area contributed by atoms with Gasteiger partial charge in [0.15, 0.2) is 6.61 Å². The third-order valence-electron chi connectivity index (χ3n) is 2.52. The summed E-state index contributed by atoms with van der Waals surface area (Å²) >= 11 is 0. The smallest absolute Gasteiger partial charge is 0.422 e. The van der Waals surface area contributed by atoms with Crippen molar-refractivity contribution in [1.82, 2.24) is 0 Å². The van der Waals surface area contributed by atoms with Gasteiger partial charge in [-0.05, 0) is 23.6 Å². The van der Waals surface area contributed by atoms with Crippen LogP contribution in [0.15, 0.2) is 18.2 Å². The fourth-order valence-electron chi connectivity index (χ4n) is 1.52. The van der Waals surface area contributed by atoms with E-state index in [0.29, 0.717) is 11.6 Å². The summed E-state index contributed by atoms with van der Waals surface area (Å²) in [6.45, 7) is 2.80. The molecular formula is C13H18F3NO. The summed E-state index contributed by atoms with van der Waals surface area (Å²) < 4.78 is 41.3. The lowest BCUT2D eigenvalue weighted by atomic mass is 10.0. The molecule has 0 aliphatic rings. The van der Waals surface area contributed by atoms with Gasteiger partial charge >= 0.3 is 6.18 Å². The van der Waals surface area contributed by atoms with E-state index in [2.05, 4.69) is 0 Å². The van der Waals surface area contributed by atoms with Gasteiger partial charge in [0.05, 0.1) is 5.69 Å². The van der Waals surface area contributed by atoms with Crippen LogP contribution in [-0.2, 0) is 0 Å². The molecule has 0 aliphatic carbocycles. The zero-order valence-electron chi connectivity index (χ0n) is 11.0. The number of alkyl halides is 3. The highest BCUT2D eigenvalue weighted by Crippen LogP contribution is 2.31. The number of benzene rings is 1. The minimum Gasteiger partial charge on any atom is -0.482 e. The molecule has 0 saturated carbocycles. The van der Waals surface area contributed by atoms with Gasteiger partial charge in [-0.1, -0.05) is 19.9 Å². The van der Waals surface area contributed by atoms with Crippen LogP contribution in [0, 0.1) is 0 Å². The van der Waals surface area contributed by atoms with E-state index in [-0.39, 0.29) is 5.75 Å². The number of anilines is 1. The normalized spacial score (nSPS) is 11.8. The van der Waals surface area contributed by atoms with Crippen LogP contribution in [0.25, 0.3) is 0 Å². The van der Waals surface area contributed by atoms with Crippen LogP contribution in [0.5, 0.6) is 5.75 Å². The molecule has 5 heteroatoms. The number of hydrogen-bond acceptors (Lipinski definition) is 2. The number of ether oxygens (including phenoxy) is 1. The van der Waals surface area contributed by atoms with Gasteiger partial charge in [0.25, 0.3) is 0 Å². The quantitative estimate of drug-likeness (QED) is 0.817. The van der Waals surface area contributed by atoms with Crippen molar-refractivity contribution in [2.24, 2.45) is 0 Å². The SMILES string of the molecule is CC(C)c1ccc(OCC(F)(F)F)c(N(C)C)c1. The van der Waals surface area contributed by atoms with Crippen molar-refractivity contribution in [3.8, 4) is 5.75 Å². The maximum absolute atomic E-state index is 12.1. The molecule has 0 spiro atoms. The van der Waals surface area contributed by atoms with Crippen LogP contribution in [0.2, 0.25) is 0 Å². The fraction of sp³-hybridized carbons (Fsp3) is 0.538. The fourth-order valence-corrected chi connectivity index (χ4v) is 1.52. The first kappa shape index (κ1) is 14.7. The second kappa shape index (κ2) is 5.50. The lowest BCUT2D eigenvalue weighted by Crippen LogP contribution is -2.20. The molecule has 0 aromatic heterocycles. The van der Waals surface area contributed by atoms with E-state index in [1.807, 2.05) is 19.9 Å². The molecule has 102 valence electrons. The molecule has 0 aliphatic heterocycles. The van der Waals surface area contributed by atoms with E-state index in [0.717, 1.165) is 5.56 Å². The van der Waals surface area contributed by atoms with Gasteiger partial charge in [0.1, 0.15) is 5.75 Å². The van der Waals surface area contributed by atoms with Gasteiger partial charge in [0.2, 0.25) is 0 Å². The number of rotatable bonds is 4. The highest BCUT2D eigenvalue weighted by Gasteiger charge is 2.29. The monoisotopic (exact) mass is 261 g/mol. The molecule has 1 aromatic carbocycles. The molecule has 1 aromatic rings. The van der Waals surface area contributed by atoms with E-state index in [1.165, 1.54) is 0 Å². The van der Waals surface area contributed by atoms with Crippen LogP contribution in [0.3, 0.4) is 0 Å². The van der Waals surface area contributed by atoms with Gasteiger partial charge in [-0.15, -0.1) is 0 Å². The van der Waals surface area contributed by atoms with Crippen molar-refractivity contribution < 1.29 is 17.9 Å². The first-order valence-electron chi connectivity index (χ1n) is 5.71. The third-order valence-corrected chi connectivity index (χ3v) is 2.52. The predicted molar refractivity (Wildman–Crippen MR) is 66.4 cm³/mol. The van der Waals surface area contributed by atoms with Gasteiger partial charge in [0, 0.05) is 14.1 Å². The zero-order chi connectivity index (χ0) is 13.9. The Labute approximate surface area is 105 Å². The molecule has 0 fully saturated rings. The van der Waals surface area contributed by atoms with Crippen molar-refractivity contribution >= 4 is 5.69 Å². The average Bonchev–Trinajstić information content (AvgIpc) is 2.24. The van der Waals surface area contributed by atoms with Crippen molar-refractivity contribution in [3.63, 3.8) is 0 Å². The van der Waals surface area contributed by atoms with Gasteiger partial charge in [-0.3, -0.25) is 0 Å². The van der Waals surface area contributed by atoms with E-state index in [9.17, 15) is 13.2 Å². The Hall–Kier alpha value is -1.39. The molecule has 0 bridgehead atoms. The number of nitrogens with zero attached hydrogens (tertiary/aromatic N) is 1. The van der Waals surface area contributed by atoms with Crippen LogP contribution >= 0.6 is 0 Å². The molecule has 0 atom stereocenters. The molecule has 1 rings (SSSR count). The van der Waals surface area contributed by atoms with E-state index in [1.54, 1.807) is 31.1 Å². The molecular weight excluding hydrogens is 243 g/mol. The Morgan fingerprint density at radius 2 is 1.83 bits per heavy atom. The molecule has 18 heavy (non-hydrogen) atoms. The van der Waals surface area contributed by atoms with Crippen LogP contribution in [-0.4, -0.2) is 26.9 Å². The molecule has 0 saturated heterocycles. The first-order valence-corrected chi connectivity index (χ1v) is 5.71. The second-order valence-electron chi connectivity index (χ2n) is 4.68. The van der Waals surface area contributed by atoms with E-state index < -0.39 is 12.8 Å². The standard InChI is InChI=1S/C13H18F3NO/c1-9(2)10-5-6-12(11(7-10)17(3)4)18-8-13(14,15)16/h5-7,9H,8H2,1-4H3. The number of hydrogen-bond donors (Lipinski definition) is 0. The van der Waals surface area contributed by atoms with Crippen molar-refractivity contribution in [2.75, 3.05) is 25.6 Å². The maximum Gasteiger partial charge on any atom is 0.422 e. The molecule has 0 amide bonds. The van der Waals surface area contributed by atoms with Crippen molar-refractivity contribution in [3.05, 3.63) is 23.8 Å². The summed E-state index contributed by atoms with van der Waals surface area (Å²) in [4.78, 5) is 1.75. The number of halogens is 3. The van der Waals surface area contributed by atoms with E-state index >= 15 is 0 Å². The second-order valence-corrected chi connectivity index (χ2v) is 4.68. The maximum atomic E-state index is 12.1. The predicted octanol–water partition coefficient (Wildman–Crippen LogP) is 3.82. The minimum absolute atomic E-state index is 0.252. The summed E-state index contributed by atoms with van der Waals surface area (Å²) in [7, 11) is 3.56. The molecule has 0 N–H and O–H groups in total. The molecule has 0 unspecified atom stereocenters. The molecule has 2 nitrogen and oxygen atoms in total. The van der Waals surface area contributed by atoms with Crippen molar-refractivity contribution in [1.29, 1.82) is 0 Å². The highest BCUT2D eigenvalue weighted by molar-refractivity contribution is 5.59. The largest absolute Gasteiger partial charge is 0.482 e. The summed E-state index contributed by atoms with van der Waals surface area (Å²) in [5.74, 6) is 0.571. The summed E-state index contributed by atoms with van der Waals surface area (Å²) in [5.41, 5.74) is 1.73. The summed E-state index contributed by atoms with van der Waals surface area (Å²) in [6, 6.07) is 5.25. The van der Waals surface area contributed by atoms with Crippen LogP contribution in [0.1, 0.15) is 25.3 Å². The lowest BCUT2D eigenvalue weighted by molar-refractivity contribution is -0.153.